The van der Waals surface area contributed by atoms with Crippen LogP contribution in [0.25, 0.3) is 0 Å². The van der Waals surface area contributed by atoms with E-state index < -0.39 is 185 Å². The zero-order valence-electron chi connectivity index (χ0n) is 50.5. The molecular weight excluding hydrogens is 1100 g/mol. The molecule has 5 saturated heterocycles. The number of carbonyl (C=O) groups excluding carboxylic acids is 4. The predicted octanol–water partition coefficient (Wildman–Crippen LogP) is 3.99. The van der Waals surface area contributed by atoms with Gasteiger partial charge in [0.15, 0.2) is 36.3 Å². The molecule has 9 aliphatic rings. The number of aldehydes is 1. The van der Waals surface area contributed by atoms with Crippen molar-refractivity contribution in [3.8, 4) is 0 Å². The summed E-state index contributed by atoms with van der Waals surface area (Å²) >= 11 is 0. The maximum absolute atomic E-state index is 15.5. The summed E-state index contributed by atoms with van der Waals surface area (Å²) in [5, 5.41) is 69.3. The van der Waals surface area contributed by atoms with E-state index in [9.17, 15) is 45.2 Å². The highest BCUT2D eigenvalue weighted by atomic mass is 16.8. The second kappa shape index (κ2) is 25.3. The first-order chi connectivity index (χ1) is 39.6. The van der Waals surface area contributed by atoms with Crippen molar-refractivity contribution in [2.75, 3.05) is 7.11 Å². The average molecular weight is 1190 g/mol. The second-order valence-corrected chi connectivity index (χ2v) is 26.0. The summed E-state index contributed by atoms with van der Waals surface area (Å²) in [5.41, 5.74) is -0.850. The smallest absolute Gasteiger partial charge is 0.346 e. The summed E-state index contributed by atoms with van der Waals surface area (Å²) in [6.07, 6.45) is -1.93. The van der Waals surface area contributed by atoms with E-state index in [0.717, 1.165) is 11.9 Å². The minimum absolute atomic E-state index is 0.0133. The van der Waals surface area contributed by atoms with Crippen molar-refractivity contribution in [1.29, 1.82) is 0 Å². The molecule has 84 heavy (non-hydrogen) atoms. The van der Waals surface area contributed by atoms with Gasteiger partial charge in [-0.2, -0.15) is 0 Å². The van der Waals surface area contributed by atoms with Gasteiger partial charge in [-0.1, -0.05) is 63.6 Å². The quantitative estimate of drug-likeness (QED) is 0.0451. The number of carbonyl (C=O) groups is 4. The first-order valence-corrected chi connectivity index (χ1v) is 30.0. The van der Waals surface area contributed by atoms with Gasteiger partial charge in [0.25, 0.3) is 0 Å². The van der Waals surface area contributed by atoms with Crippen molar-refractivity contribution in [3.05, 3.63) is 63.6 Å². The third-order valence-corrected chi connectivity index (χ3v) is 20.1. The molecule has 23 nitrogen and oxygen atoms in total. The molecule has 0 aromatic heterocycles. The minimum Gasteiger partial charge on any atom is -0.600 e. The molecule has 23 heteroatoms. The van der Waals surface area contributed by atoms with E-state index in [0.29, 0.717) is 17.6 Å². The molecule has 470 valence electrons. The van der Waals surface area contributed by atoms with E-state index in [1.807, 2.05) is 26.0 Å². The molecule has 5 heterocycles. The van der Waals surface area contributed by atoms with Crippen LogP contribution in [0.1, 0.15) is 128 Å². The number of fused-ring (bicyclic) bond motifs is 4. The number of quaternary nitrogens is 1. The molecule has 9 rings (SSSR count). The maximum atomic E-state index is 15.5. The number of allylic oxidation sites excluding steroid dienone is 4. The molecule has 7 N–H and O–H groups in total. The fourth-order valence-corrected chi connectivity index (χ4v) is 15.7. The maximum Gasteiger partial charge on any atom is 0.346 e. The molecule has 28 atom stereocenters. The topological polar surface area (TPSA) is 310 Å². The van der Waals surface area contributed by atoms with Crippen LogP contribution in [0.3, 0.4) is 0 Å². The van der Waals surface area contributed by atoms with Crippen molar-refractivity contribution in [3.63, 3.8) is 0 Å². The van der Waals surface area contributed by atoms with Gasteiger partial charge in [-0.25, -0.2) is 15.2 Å². The lowest BCUT2D eigenvalue weighted by Crippen LogP contribution is -3.17. The lowest BCUT2D eigenvalue weighted by atomic mass is 9.49. The van der Waals surface area contributed by atoms with Gasteiger partial charge in [0.2, 0.25) is 5.78 Å². The highest BCUT2D eigenvalue weighted by Crippen LogP contribution is 2.61. The number of hydroxylamine groups is 3. The van der Waals surface area contributed by atoms with E-state index >= 15 is 4.79 Å². The number of hydrogen-bond donors (Lipinski definition) is 7. The van der Waals surface area contributed by atoms with Crippen LogP contribution in [0, 0.1) is 52.0 Å². The van der Waals surface area contributed by atoms with Crippen molar-refractivity contribution in [2.45, 2.75) is 244 Å². The molecule has 1 spiro atoms. The van der Waals surface area contributed by atoms with Gasteiger partial charge in [-0.3, -0.25) is 14.4 Å². The first-order valence-electron chi connectivity index (χ1n) is 30.0. The number of Topliss-reactive ketones (excluding diaryl/α,β-unsaturated/α-hetero) is 1. The largest absolute Gasteiger partial charge is 0.600 e. The number of nitrogens with one attached hydrogen (secondary N) is 2. The molecule has 1 unspecified atom stereocenters. The summed E-state index contributed by atoms with van der Waals surface area (Å²) < 4.78 is 63.2. The number of aliphatic hydroxyl groups is 4. The Bertz CT molecular complexity index is 2580. The highest BCUT2D eigenvalue weighted by Gasteiger charge is 2.64. The summed E-state index contributed by atoms with van der Waals surface area (Å²) in [4.78, 5) is 59.7. The Balaban J connectivity index is 1.01. The van der Waals surface area contributed by atoms with Crippen LogP contribution in [0.5, 0.6) is 0 Å². The Kier molecular flexibility index (Phi) is 19.5. The first kappa shape index (κ1) is 64.6. The number of esters is 1. The Labute approximate surface area is 491 Å². The van der Waals surface area contributed by atoms with E-state index in [1.54, 1.807) is 53.7 Å². The Morgan fingerprint density at radius 3 is 2.02 bits per heavy atom. The molecule has 4 aliphatic carbocycles. The molecule has 0 aromatic rings. The Morgan fingerprint density at radius 2 is 1.39 bits per heavy atom. The number of hydrogen-bond acceptors (Lipinski definition) is 22. The lowest BCUT2D eigenvalue weighted by molar-refractivity contribution is -1.09. The van der Waals surface area contributed by atoms with E-state index in [4.69, 9.17) is 52.2 Å². The van der Waals surface area contributed by atoms with Gasteiger partial charge >= 0.3 is 11.9 Å². The molecular formula is C61H90N2O21. The van der Waals surface area contributed by atoms with Crippen molar-refractivity contribution >= 4 is 24.0 Å². The summed E-state index contributed by atoms with van der Waals surface area (Å²) in [6.45, 7) is 21.2. The zero-order valence-corrected chi connectivity index (χ0v) is 50.5. The second-order valence-electron chi connectivity index (χ2n) is 26.0. The van der Waals surface area contributed by atoms with Crippen LogP contribution in [0.15, 0.2) is 58.4 Å². The third-order valence-electron chi connectivity index (χ3n) is 20.1. The number of aliphatic hydroxyl groups excluding tert-OH is 4. The lowest BCUT2D eigenvalue weighted by Gasteiger charge is -2.56. The van der Waals surface area contributed by atoms with Gasteiger partial charge in [-0.05, 0) is 96.1 Å². The fourth-order valence-electron chi connectivity index (χ4n) is 15.7. The zero-order chi connectivity index (χ0) is 61.2. The normalized spacial score (nSPS) is 49.8. The van der Waals surface area contributed by atoms with E-state index in [2.05, 4.69) is 25.4 Å². The fraction of sp³-hybridized carbons (Fsp3) is 0.770. The molecule has 0 radical (unpaired) electrons. The molecule has 1 saturated carbocycles. The summed E-state index contributed by atoms with van der Waals surface area (Å²) in [7, 11) is 1.50. The number of methoxy groups -OCH3 is 1. The monoisotopic (exact) mass is 1190 g/mol. The number of ketones is 1. The van der Waals surface area contributed by atoms with Gasteiger partial charge in [0, 0.05) is 62.9 Å². The van der Waals surface area contributed by atoms with Crippen LogP contribution in [-0.4, -0.2) is 172 Å². The minimum atomic E-state index is -1.86. The van der Waals surface area contributed by atoms with Gasteiger partial charge < -0.3 is 77.8 Å². The molecule has 0 amide bonds. The van der Waals surface area contributed by atoms with Gasteiger partial charge in [0.1, 0.15) is 42.0 Å². The van der Waals surface area contributed by atoms with Crippen molar-refractivity contribution < 1.29 is 102 Å². The third kappa shape index (κ3) is 12.1. The predicted molar refractivity (Wildman–Crippen MR) is 295 cm³/mol. The molecule has 2 bridgehead atoms. The Hall–Kier alpha value is -3.86. The summed E-state index contributed by atoms with van der Waals surface area (Å²) in [6, 6.07) is -0.953. The molecule has 5 aliphatic heterocycles. The average Bonchev–Trinajstić information content (AvgIpc) is 1.36. The van der Waals surface area contributed by atoms with Crippen molar-refractivity contribution in [2.24, 2.45) is 46.8 Å². The van der Waals surface area contributed by atoms with E-state index in [1.165, 1.54) is 21.0 Å². The van der Waals surface area contributed by atoms with Crippen LogP contribution in [0.2, 0.25) is 0 Å². The van der Waals surface area contributed by atoms with Crippen LogP contribution < -0.4 is 10.7 Å². The van der Waals surface area contributed by atoms with E-state index in [-0.39, 0.29) is 50.4 Å². The highest BCUT2D eigenvalue weighted by molar-refractivity contribution is 6.26. The van der Waals surface area contributed by atoms with Gasteiger partial charge in [-0.15, -0.1) is 5.48 Å². The molecule has 0 aromatic carbocycles. The van der Waals surface area contributed by atoms with Crippen LogP contribution in [0.4, 0.5) is 0 Å². The summed E-state index contributed by atoms with van der Waals surface area (Å²) in [5.74, 6) is -5.98. The van der Waals surface area contributed by atoms with Crippen LogP contribution >= 0.6 is 0 Å². The Morgan fingerprint density at radius 1 is 0.774 bits per heavy atom. The SMILES string of the molecule is CO[C@@H]1[C@H](O)C[C@@H](O[C@@H]2[C@H](O)C[C@H](O[C@@H]3C[C@H](O[C@@H]4[C@H]5C=C[C@H]6/C(C)=C\C[C@H](O[C@H]7C[C@](C)([NH+]([O-])O)[C@@H](NOC(C)=O)[C@@H](C)O7)/C(C)=C\[C@@H]7C=C(C=O)[C@H](C)C[C@]78OC(=O)/C(=C(\O)[C@@]6(C)[C@@H]5[C@@H](C)C[C@@H]4C)C8=O)O[C@@H](C)[C@@H]3O)O[C@H]2C)O[C@H]1C. The standard InChI is InChI=1S/C61H90N2O21/c1-27-14-17-43(79-48-25-59(11,63(72)73)55(35(9)78-48)62-84-36(10)65)28(2)19-38-20-37(26-64)31(5)24-61(38)57(70)49(58(71)83-61)56(69)60(12)40(27)16-15-39-50(60)29(3)18-30(4)52(39)81-47-23-44(51(68)32(6)75-47)80-45-22-42(67)54(34(8)77-45)82-46-21-41(66)53(74-13)33(7)76-46/h14-16,19-20,26,29-35,38-48,50-55,62-63,66-69,72H,17-18,21-25H2,1-13H3/b27-14-,28-19-,56-49-/t29-,30-,31+,32-,33-,34-,35+,38+,39-,40-,41+,42+,43-,44+,45-,46+,47-,48-,50+,51-,52-,53-,54-,55-,59-,60+,61-/m0/s1. The van der Waals surface area contributed by atoms with Crippen molar-refractivity contribution in [1.82, 2.24) is 5.48 Å². The van der Waals surface area contributed by atoms with Gasteiger partial charge in [0.05, 0.1) is 61.4 Å². The molecule has 6 fully saturated rings. The number of rotatable bonds is 13. The number of ether oxygens (including phenoxy) is 10. The van der Waals surface area contributed by atoms with Crippen LogP contribution in [-0.2, 0) is 71.4 Å².